The third-order valence-electron chi connectivity index (χ3n) is 10.3. The van der Waals surface area contributed by atoms with Gasteiger partial charge < -0.3 is 9.47 Å². The van der Waals surface area contributed by atoms with Gasteiger partial charge in [0.2, 0.25) is 0 Å². The van der Waals surface area contributed by atoms with Gasteiger partial charge in [-0.15, -0.1) is 0 Å². The number of hydrogen-bond acceptors (Lipinski definition) is 4. The van der Waals surface area contributed by atoms with E-state index >= 15 is 26.3 Å². The lowest BCUT2D eigenvalue weighted by Crippen LogP contribution is -2.59. The van der Waals surface area contributed by atoms with Crippen LogP contribution in [0, 0.1) is 0 Å². The van der Waals surface area contributed by atoms with Gasteiger partial charge in [0.1, 0.15) is 0 Å². The summed E-state index contributed by atoms with van der Waals surface area (Å²) in [5.74, 6) is -16.0. The van der Waals surface area contributed by atoms with E-state index in [1.807, 2.05) is 12.1 Å². The minimum atomic E-state index is -5.66. The summed E-state index contributed by atoms with van der Waals surface area (Å²) in [5, 5.41) is 0. The molecule has 0 amide bonds. The molecule has 4 aliphatic carbocycles. The molecule has 0 aromatic heterocycles. The van der Waals surface area contributed by atoms with E-state index in [9.17, 15) is 0 Å². The van der Waals surface area contributed by atoms with Crippen LogP contribution in [-0.2, 0) is 9.47 Å². The molecule has 2 atom stereocenters. The van der Waals surface area contributed by atoms with E-state index < -0.39 is 51.0 Å². The highest BCUT2D eigenvalue weighted by molar-refractivity contribution is 8.14. The summed E-state index contributed by atoms with van der Waals surface area (Å²) in [6.07, 6.45) is 9.96. The quantitative estimate of drug-likeness (QED) is 0.281. The summed E-state index contributed by atoms with van der Waals surface area (Å²) in [7, 11) is 0. The first-order chi connectivity index (χ1) is 22.5. The number of halogens is 6. The highest BCUT2D eigenvalue weighted by atomic mass is 32.2. The van der Waals surface area contributed by atoms with Gasteiger partial charge in [0, 0.05) is 32.1 Å². The third-order valence-corrected chi connectivity index (χ3v) is 13.4. The van der Waals surface area contributed by atoms with Gasteiger partial charge in [-0.1, -0.05) is 123 Å². The first-order valence-corrected chi connectivity index (χ1v) is 18.1. The average molecular weight is 689 g/mol. The van der Waals surface area contributed by atoms with Crippen molar-refractivity contribution < 1.29 is 35.8 Å². The normalized spacial score (nSPS) is 31.4. The monoisotopic (exact) mass is 688 g/mol. The smallest absolute Gasteiger partial charge is 0.352 e. The Morgan fingerprint density at radius 1 is 0.511 bits per heavy atom. The van der Waals surface area contributed by atoms with Crippen LogP contribution in [-0.4, -0.2) is 39.8 Å². The van der Waals surface area contributed by atoms with Crippen molar-refractivity contribution in [1.29, 1.82) is 0 Å². The lowest BCUT2D eigenvalue weighted by Gasteiger charge is -2.52. The summed E-state index contributed by atoms with van der Waals surface area (Å²) < 4.78 is 110. The number of rotatable bonds is 6. The van der Waals surface area contributed by atoms with Crippen LogP contribution in [0.25, 0.3) is 9.81 Å². The van der Waals surface area contributed by atoms with Gasteiger partial charge in [0.05, 0.1) is 12.2 Å². The number of ether oxygens (including phenoxy) is 2. The van der Waals surface area contributed by atoms with Crippen LogP contribution < -0.4 is 0 Å². The molecule has 0 bridgehead atoms. The molecule has 2 heterocycles. The first kappa shape index (κ1) is 31.8. The van der Waals surface area contributed by atoms with Crippen LogP contribution in [0.2, 0.25) is 0 Å². The van der Waals surface area contributed by atoms with Crippen molar-refractivity contribution in [1.82, 2.24) is 0 Å². The summed E-state index contributed by atoms with van der Waals surface area (Å²) >= 11 is 2.29. The van der Waals surface area contributed by atoms with Gasteiger partial charge in [0.25, 0.3) is 0 Å². The van der Waals surface area contributed by atoms with Crippen molar-refractivity contribution >= 4 is 33.3 Å². The molecule has 248 valence electrons. The predicted molar refractivity (Wildman–Crippen MR) is 174 cm³/mol. The Kier molecular flexibility index (Phi) is 7.67. The Morgan fingerprint density at radius 2 is 0.872 bits per heavy atom. The van der Waals surface area contributed by atoms with Gasteiger partial charge in [0.15, 0.2) is 9.87 Å². The fraction of sp³-hybridized carbons (Fsp3) is 0.459. The first-order valence-electron chi connectivity index (χ1n) is 16.4. The van der Waals surface area contributed by atoms with Crippen LogP contribution in [0.4, 0.5) is 26.3 Å². The van der Waals surface area contributed by atoms with Gasteiger partial charge >= 0.3 is 17.8 Å². The Bertz CT molecular complexity index is 1570. The van der Waals surface area contributed by atoms with Crippen LogP contribution in [0.5, 0.6) is 0 Å². The van der Waals surface area contributed by atoms with E-state index in [0.29, 0.717) is 46.6 Å². The standard InChI is InChI=1S/C37H34F6O2S2/c38-33(39)31-27-21-29(23-13-5-1-6-14-23)46-35(27,44-25-17-9-3-10-18-25)36(45-26-19-11-4-12-20-26)28(32(31)34(40,41)37(33,42)43)22-30(47-36)24-15-7-2-8-16-24/h1-2,5-8,13-16,21-22,25-26H,3-4,9-12,17-20H2. The number of hydrogen-bond donors (Lipinski definition) is 0. The van der Waals surface area contributed by atoms with Crippen molar-refractivity contribution in [2.24, 2.45) is 0 Å². The highest BCUT2D eigenvalue weighted by Gasteiger charge is 2.85. The third kappa shape index (κ3) is 4.56. The predicted octanol–water partition coefficient (Wildman–Crippen LogP) is 11.2. The van der Waals surface area contributed by atoms with Crippen molar-refractivity contribution in [3.63, 3.8) is 0 Å². The average Bonchev–Trinajstić information content (AvgIpc) is 3.68. The molecule has 10 heteroatoms. The summed E-state index contributed by atoms with van der Waals surface area (Å²) in [5.41, 5.74) is -2.02. The molecule has 2 nitrogen and oxygen atoms in total. The summed E-state index contributed by atoms with van der Waals surface area (Å²) in [4.78, 5) is -2.72. The molecule has 6 aliphatic rings. The molecular weight excluding hydrogens is 655 g/mol. The Balaban J connectivity index is 1.45. The highest BCUT2D eigenvalue weighted by Crippen LogP contribution is 2.76. The molecule has 2 aliphatic heterocycles. The second-order valence-electron chi connectivity index (χ2n) is 13.2. The van der Waals surface area contributed by atoms with Crippen LogP contribution in [0.15, 0.2) is 95.1 Å². The second-order valence-corrected chi connectivity index (χ2v) is 15.7. The summed E-state index contributed by atoms with van der Waals surface area (Å²) in [6.45, 7) is 0. The molecular formula is C37H34F6O2S2. The molecule has 0 saturated heterocycles. The van der Waals surface area contributed by atoms with Crippen molar-refractivity contribution in [2.75, 3.05) is 0 Å². The zero-order chi connectivity index (χ0) is 32.7. The lowest BCUT2D eigenvalue weighted by atomic mass is 9.79. The number of fused-ring (bicyclic) bond motifs is 4. The second kappa shape index (κ2) is 11.3. The lowest BCUT2D eigenvalue weighted by molar-refractivity contribution is -0.258. The van der Waals surface area contributed by atoms with Gasteiger partial charge in [-0.25, -0.2) is 0 Å². The van der Waals surface area contributed by atoms with E-state index in [-0.39, 0.29) is 11.1 Å². The van der Waals surface area contributed by atoms with Crippen LogP contribution in [0.1, 0.15) is 75.3 Å². The number of benzene rings is 2. The largest absolute Gasteiger partial charge is 0.380 e. The SMILES string of the molecule is FC1(F)C2=C3C=C(c4ccccc4)SC3(OC3CCCCC3)C3(OC4CCCCC4)SC(c4ccccc4)=CC3=C2C(F)(F)C1(F)F. The molecule has 0 radical (unpaired) electrons. The fourth-order valence-corrected chi connectivity index (χ4v) is 11.2. The number of allylic oxidation sites excluding steroid dienone is 2. The number of alkyl halides is 6. The van der Waals surface area contributed by atoms with E-state index in [0.717, 1.165) is 62.0 Å². The van der Waals surface area contributed by atoms with E-state index in [1.54, 1.807) is 48.5 Å². The molecule has 8 rings (SSSR count). The zero-order valence-electron chi connectivity index (χ0n) is 25.6. The maximum atomic E-state index is 16.2. The van der Waals surface area contributed by atoms with E-state index in [2.05, 4.69) is 0 Å². The Hall–Kier alpha value is -2.40. The molecule has 2 unspecified atom stereocenters. The summed E-state index contributed by atoms with van der Waals surface area (Å²) in [6, 6.07) is 18.0. The van der Waals surface area contributed by atoms with E-state index in [1.165, 1.54) is 12.2 Å². The van der Waals surface area contributed by atoms with Crippen molar-refractivity contribution in [2.45, 2.75) is 104 Å². The van der Waals surface area contributed by atoms with Gasteiger partial charge in [-0.2, -0.15) is 26.3 Å². The van der Waals surface area contributed by atoms with Crippen molar-refractivity contribution in [3.8, 4) is 0 Å². The maximum Gasteiger partial charge on any atom is 0.380 e. The molecule has 3 fully saturated rings. The molecule has 2 aromatic rings. The Morgan fingerprint density at radius 3 is 1.23 bits per heavy atom. The minimum Gasteiger partial charge on any atom is -0.352 e. The van der Waals surface area contributed by atoms with Gasteiger partial charge in [-0.05, 0) is 49.0 Å². The molecule has 3 saturated carbocycles. The number of thioether (sulfide) groups is 2. The molecule has 0 N–H and O–H groups in total. The fourth-order valence-electron chi connectivity index (χ4n) is 7.98. The zero-order valence-corrected chi connectivity index (χ0v) is 27.2. The van der Waals surface area contributed by atoms with Gasteiger partial charge in [-0.3, -0.25) is 0 Å². The molecule has 0 spiro atoms. The molecule has 2 aromatic carbocycles. The maximum absolute atomic E-state index is 16.2. The van der Waals surface area contributed by atoms with E-state index in [4.69, 9.17) is 9.47 Å². The Labute approximate surface area is 278 Å². The van der Waals surface area contributed by atoms with Crippen LogP contribution in [0.3, 0.4) is 0 Å². The minimum absolute atomic E-state index is 0.335. The molecule has 47 heavy (non-hydrogen) atoms. The van der Waals surface area contributed by atoms with Crippen LogP contribution >= 0.6 is 23.5 Å². The topological polar surface area (TPSA) is 18.5 Å². The van der Waals surface area contributed by atoms with Crippen molar-refractivity contribution in [3.05, 3.63) is 106 Å².